The third-order valence-electron chi connectivity index (χ3n) is 2.33. The molecule has 0 aliphatic heterocycles. The SMILES string of the molecule is CC(=O)CC(=O)OC/C=C/Cc1cc(F)c(F)cc1F. The highest BCUT2D eigenvalue weighted by Gasteiger charge is 2.08. The molecule has 0 amide bonds. The molecule has 3 nitrogen and oxygen atoms in total. The highest BCUT2D eigenvalue weighted by molar-refractivity contribution is 5.94. The zero-order valence-corrected chi connectivity index (χ0v) is 10.8. The number of benzene rings is 1. The summed E-state index contributed by atoms with van der Waals surface area (Å²) >= 11 is 0. The first-order chi connectivity index (χ1) is 9.40. The molecule has 6 heteroatoms. The maximum atomic E-state index is 13.2. The van der Waals surface area contributed by atoms with Crippen molar-refractivity contribution in [1.29, 1.82) is 0 Å². The molecule has 0 aliphatic rings. The van der Waals surface area contributed by atoms with Crippen molar-refractivity contribution in [2.75, 3.05) is 6.61 Å². The van der Waals surface area contributed by atoms with E-state index in [-0.39, 0.29) is 30.8 Å². The van der Waals surface area contributed by atoms with Crippen LogP contribution in [0.5, 0.6) is 0 Å². The van der Waals surface area contributed by atoms with E-state index in [1.54, 1.807) is 0 Å². The Morgan fingerprint density at radius 2 is 1.75 bits per heavy atom. The average molecular weight is 286 g/mol. The van der Waals surface area contributed by atoms with Crippen molar-refractivity contribution in [2.45, 2.75) is 19.8 Å². The number of halogens is 3. The van der Waals surface area contributed by atoms with Crippen molar-refractivity contribution in [3.63, 3.8) is 0 Å². The third kappa shape index (κ3) is 5.26. The molecule has 0 saturated carbocycles. The van der Waals surface area contributed by atoms with E-state index < -0.39 is 23.4 Å². The largest absolute Gasteiger partial charge is 0.461 e. The van der Waals surface area contributed by atoms with E-state index in [2.05, 4.69) is 4.74 Å². The lowest BCUT2D eigenvalue weighted by Crippen LogP contribution is -2.08. The second-order valence-electron chi connectivity index (χ2n) is 4.10. The summed E-state index contributed by atoms with van der Waals surface area (Å²) in [6.07, 6.45) is 2.62. The van der Waals surface area contributed by atoms with Crippen LogP contribution in [-0.4, -0.2) is 18.4 Å². The van der Waals surface area contributed by atoms with Crippen molar-refractivity contribution in [2.24, 2.45) is 0 Å². The van der Waals surface area contributed by atoms with Gasteiger partial charge in [0.2, 0.25) is 0 Å². The van der Waals surface area contributed by atoms with Gasteiger partial charge >= 0.3 is 5.97 Å². The van der Waals surface area contributed by atoms with Crippen LogP contribution < -0.4 is 0 Å². The molecule has 1 aromatic carbocycles. The van der Waals surface area contributed by atoms with Gasteiger partial charge in [-0.05, 0) is 25.0 Å². The summed E-state index contributed by atoms with van der Waals surface area (Å²) in [4.78, 5) is 21.6. The molecule has 108 valence electrons. The van der Waals surface area contributed by atoms with E-state index in [4.69, 9.17) is 0 Å². The van der Waals surface area contributed by atoms with Gasteiger partial charge in [-0.3, -0.25) is 9.59 Å². The monoisotopic (exact) mass is 286 g/mol. The summed E-state index contributed by atoms with van der Waals surface area (Å²) in [6.45, 7) is 1.19. The number of carbonyl (C=O) groups excluding carboxylic acids is 2. The standard InChI is InChI=1S/C14H13F3O3/c1-9(18)6-14(19)20-5-3-2-4-10-7-12(16)13(17)8-11(10)15/h2-3,7-8H,4-6H2,1H3/b3-2+. The molecule has 0 aromatic heterocycles. The molecule has 0 bridgehead atoms. The van der Waals surface area contributed by atoms with Gasteiger partial charge in [0.1, 0.15) is 24.6 Å². The molecule has 0 spiro atoms. The number of Topliss-reactive ketones (excluding diaryl/α,β-unsaturated/α-hetero) is 1. The number of esters is 1. The average Bonchev–Trinajstić information content (AvgIpc) is 2.34. The normalized spacial score (nSPS) is 10.8. The van der Waals surface area contributed by atoms with E-state index in [9.17, 15) is 22.8 Å². The van der Waals surface area contributed by atoms with Crippen LogP contribution in [0.2, 0.25) is 0 Å². The topological polar surface area (TPSA) is 43.4 Å². The zero-order valence-electron chi connectivity index (χ0n) is 10.8. The number of ether oxygens (including phenoxy) is 1. The van der Waals surface area contributed by atoms with Crippen LogP contribution in [0.25, 0.3) is 0 Å². The summed E-state index contributed by atoms with van der Waals surface area (Å²) in [7, 11) is 0. The van der Waals surface area contributed by atoms with E-state index >= 15 is 0 Å². The number of hydrogen-bond donors (Lipinski definition) is 0. The smallest absolute Gasteiger partial charge is 0.313 e. The van der Waals surface area contributed by atoms with Crippen molar-refractivity contribution in [3.05, 3.63) is 47.3 Å². The molecule has 0 saturated heterocycles. The fraction of sp³-hybridized carbons (Fsp3) is 0.286. The Hall–Kier alpha value is -2.11. The van der Waals surface area contributed by atoms with Gasteiger partial charge < -0.3 is 4.74 Å². The number of rotatable bonds is 6. The molecule has 0 aliphatic carbocycles. The highest BCUT2D eigenvalue weighted by Crippen LogP contribution is 2.14. The first-order valence-corrected chi connectivity index (χ1v) is 5.83. The number of carbonyl (C=O) groups is 2. The van der Waals surface area contributed by atoms with Crippen molar-refractivity contribution >= 4 is 11.8 Å². The predicted molar refractivity (Wildman–Crippen MR) is 65.4 cm³/mol. The van der Waals surface area contributed by atoms with Gasteiger partial charge in [0, 0.05) is 6.07 Å². The second kappa shape index (κ2) is 7.47. The number of ketones is 1. The van der Waals surface area contributed by atoms with Crippen LogP contribution >= 0.6 is 0 Å². The molecule has 0 N–H and O–H groups in total. The number of allylic oxidation sites excluding steroid dienone is 1. The van der Waals surface area contributed by atoms with E-state index in [1.807, 2.05) is 0 Å². The van der Waals surface area contributed by atoms with Crippen molar-refractivity contribution in [3.8, 4) is 0 Å². The van der Waals surface area contributed by atoms with E-state index in [1.165, 1.54) is 19.1 Å². The molecule has 1 aromatic rings. The molecule has 0 heterocycles. The van der Waals surface area contributed by atoms with Crippen LogP contribution in [0.1, 0.15) is 18.9 Å². The zero-order chi connectivity index (χ0) is 15.1. The minimum atomic E-state index is -1.24. The van der Waals surface area contributed by atoms with Crippen LogP contribution in [-0.2, 0) is 20.7 Å². The summed E-state index contributed by atoms with van der Waals surface area (Å²) in [5, 5.41) is 0. The molecule has 20 heavy (non-hydrogen) atoms. The van der Waals surface area contributed by atoms with Crippen LogP contribution in [0.4, 0.5) is 13.2 Å². The first-order valence-electron chi connectivity index (χ1n) is 5.83. The lowest BCUT2D eigenvalue weighted by Gasteiger charge is -2.01. The molecule has 0 atom stereocenters. The third-order valence-corrected chi connectivity index (χ3v) is 2.33. The minimum Gasteiger partial charge on any atom is -0.461 e. The highest BCUT2D eigenvalue weighted by atomic mass is 19.2. The van der Waals surface area contributed by atoms with Gasteiger partial charge in [0.15, 0.2) is 11.6 Å². The Morgan fingerprint density at radius 1 is 1.10 bits per heavy atom. The Kier molecular flexibility index (Phi) is 5.96. The molecule has 0 radical (unpaired) electrons. The lowest BCUT2D eigenvalue weighted by molar-refractivity contribution is -0.144. The van der Waals surface area contributed by atoms with Gasteiger partial charge in [-0.1, -0.05) is 12.2 Å². The lowest BCUT2D eigenvalue weighted by atomic mass is 10.1. The maximum Gasteiger partial charge on any atom is 0.313 e. The van der Waals surface area contributed by atoms with Crippen LogP contribution in [0, 0.1) is 17.5 Å². The van der Waals surface area contributed by atoms with Gasteiger partial charge in [0.05, 0.1) is 0 Å². The Balaban J connectivity index is 2.44. The molecule has 0 fully saturated rings. The Bertz CT molecular complexity index is 539. The van der Waals surface area contributed by atoms with E-state index in [0.29, 0.717) is 6.07 Å². The summed E-state index contributed by atoms with van der Waals surface area (Å²) in [6, 6.07) is 1.25. The Labute approximate surface area is 114 Å². The fourth-order valence-corrected chi connectivity index (χ4v) is 1.39. The van der Waals surface area contributed by atoms with Crippen LogP contribution in [0.3, 0.4) is 0 Å². The maximum absolute atomic E-state index is 13.2. The van der Waals surface area contributed by atoms with Gasteiger partial charge in [0.25, 0.3) is 0 Å². The predicted octanol–water partition coefficient (Wildman–Crippen LogP) is 2.72. The molecular weight excluding hydrogens is 273 g/mol. The van der Waals surface area contributed by atoms with E-state index in [0.717, 1.165) is 6.07 Å². The summed E-state index contributed by atoms with van der Waals surface area (Å²) in [5.41, 5.74) is -0.00443. The first kappa shape index (κ1) is 15.9. The van der Waals surface area contributed by atoms with Crippen molar-refractivity contribution in [1.82, 2.24) is 0 Å². The second-order valence-corrected chi connectivity index (χ2v) is 4.10. The van der Waals surface area contributed by atoms with Gasteiger partial charge in [-0.15, -0.1) is 0 Å². The Morgan fingerprint density at radius 3 is 2.40 bits per heavy atom. The summed E-state index contributed by atoms with van der Waals surface area (Å²) in [5.74, 6) is -4.16. The molecule has 1 rings (SSSR count). The molecule has 0 unspecified atom stereocenters. The molecular formula is C14H13F3O3. The number of hydrogen-bond acceptors (Lipinski definition) is 3. The minimum absolute atomic E-state index is 0.00443. The van der Waals surface area contributed by atoms with Crippen molar-refractivity contribution < 1.29 is 27.5 Å². The van der Waals surface area contributed by atoms with Gasteiger partial charge in [-0.2, -0.15) is 0 Å². The fourth-order valence-electron chi connectivity index (χ4n) is 1.39. The van der Waals surface area contributed by atoms with Gasteiger partial charge in [-0.25, -0.2) is 13.2 Å². The quantitative estimate of drug-likeness (QED) is 0.349. The summed E-state index contributed by atoms with van der Waals surface area (Å²) < 4.78 is 43.5. The van der Waals surface area contributed by atoms with Crippen LogP contribution in [0.15, 0.2) is 24.3 Å².